The van der Waals surface area contributed by atoms with Crippen LogP contribution in [0.4, 0.5) is 0 Å². The molecular formula is C18H22. The van der Waals surface area contributed by atoms with Crippen molar-refractivity contribution in [3.63, 3.8) is 0 Å². The zero-order valence-electron chi connectivity index (χ0n) is 11.9. The van der Waals surface area contributed by atoms with E-state index >= 15 is 0 Å². The highest BCUT2D eigenvalue weighted by atomic mass is 14.4. The van der Waals surface area contributed by atoms with Gasteiger partial charge in [-0.1, -0.05) is 64.1 Å². The molecule has 1 aliphatic rings. The second-order valence-electron chi connectivity index (χ2n) is 7.01. The summed E-state index contributed by atoms with van der Waals surface area (Å²) in [5.74, 6) is 0. The van der Waals surface area contributed by atoms with E-state index in [4.69, 9.17) is 0 Å². The van der Waals surface area contributed by atoms with Gasteiger partial charge in [0.05, 0.1) is 0 Å². The summed E-state index contributed by atoms with van der Waals surface area (Å²) < 4.78 is 0. The summed E-state index contributed by atoms with van der Waals surface area (Å²) in [6, 6.07) is 13.6. The second-order valence-corrected chi connectivity index (χ2v) is 7.01. The van der Waals surface area contributed by atoms with E-state index < -0.39 is 0 Å². The zero-order valence-corrected chi connectivity index (χ0v) is 11.9. The Morgan fingerprint density at radius 2 is 1.11 bits per heavy atom. The van der Waals surface area contributed by atoms with Crippen LogP contribution in [-0.2, 0) is 10.8 Å². The van der Waals surface area contributed by atoms with Crippen molar-refractivity contribution in [3.05, 3.63) is 47.5 Å². The lowest BCUT2D eigenvalue weighted by Gasteiger charge is -2.42. The number of benzene rings is 2. The molecule has 0 aliphatic heterocycles. The molecule has 0 N–H and O–H groups in total. The number of fused-ring (bicyclic) bond motifs is 2. The second kappa shape index (κ2) is 3.60. The zero-order chi connectivity index (χ0) is 13.0. The first-order valence-corrected chi connectivity index (χ1v) is 6.94. The van der Waals surface area contributed by atoms with E-state index in [0.717, 1.165) is 0 Å². The highest BCUT2D eigenvalue weighted by Crippen LogP contribution is 2.46. The molecular weight excluding hydrogens is 216 g/mol. The number of hydrogen-bond acceptors (Lipinski definition) is 0. The fourth-order valence-corrected chi connectivity index (χ4v) is 3.25. The van der Waals surface area contributed by atoms with Crippen LogP contribution in [0.2, 0.25) is 0 Å². The van der Waals surface area contributed by atoms with Gasteiger partial charge in [0.1, 0.15) is 0 Å². The Labute approximate surface area is 110 Å². The summed E-state index contributed by atoms with van der Waals surface area (Å²) in [6.07, 6.45) is 2.57. The summed E-state index contributed by atoms with van der Waals surface area (Å²) in [5.41, 5.74) is 3.74. The Bertz CT molecular complexity index is 548. The maximum absolute atomic E-state index is 2.42. The Hall–Kier alpha value is -1.30. The monoisotopic (exact) mass is 238 g/mol. The van der Waals surface area contributed by atoms with Gasteiger partial charge < -0.3 is 0 Å². The summed E-state index contributed by atoms with van der Waals surface area (Å²) in [6.45, 7) is 9.54. The third-order valence-electron chi connectivity index (χ3n) is 4.72. The summed E-state index contributed by atoms with van der Waals surface area (Å²) in [5, 5.41) is 2.75. The van der Waals surface area contributed by atoms with Crippen LogP contribution < -0.4 is 0 Å². The fraction of sp³-hybridized carbons (Fsp3) is 0.444. The standard InChI is InChI=1S/C18H22/c1-17(2)9-10-18(3,4)16-12-14-8-6-5-7-13(14)11-15(16)17/h5-8,11-12H,9-10H2,1-4H3. The molecule has 3 rings (SSSR count). The van der Waals surface area contributed by atoms with Crippen molar-refractivity contribution in [2.75, 3.05) is 0 Å². The van der Waals surface area contributed by atoms with Crippen molar-refractivity contribution in [3.8, 4) is 0 Å². The fourth-order valence-electron chi connectivity index (χ4n) is 3.25. The molecule has 0 bridgehead atoms. The van der Waals surface area contributed by atoms with Crippen LogP contribution in [0.5, 0.6) is 0 Å². The molecule has 0 nitrogen and oxygen atoms in total. The van der Waals surface area contributed by atoms with Crippen LogP contribution in [0.25, 0.3) is 10.8 Å². The third-order valence-corrected chi connectivity index (χ3v) is 4.72. The quantitative estimate of drug-likeness (QED) is 0.592. The lowest BCUT2D eigenvalue weighted by molar-refractivity contribution is 0.332. The molecule has 0 heterocycles. The van der Waals surface area contributed by atoms with E-state index in [0.29, 0.717) is 10.8 Å². The minimum absolute atomic E-state index is 0.314. The van der Waals surface area contributed by atoms with Gasteiger partial charge in [0.2, 0.25) is 0 Å². The maximum Gasteiger partial charge on any atom is -0.0100 e. The van der Waals surface area contributed by atoms with Crippen molar-refractivity contribution in [1.82, 2.24) is 0 Å². The average molecular weight is 238 g/mol. The number of hydrogen-bond donors (Lipinski definition) is 0. The van der Waals surface area contributed by atoms with Gasteiger partial charge in [-0.15, -0.1) is 0 Å². The molecule has 0 amide bonds. The largest absolute Gasteiger partial charge is 0.0616 e. The van der Waals surface area contributed by atoms with Crippen LogP contribution >= 0.6 is 0 Å². The summed E-state index contributed by atoms with van der Waals surface area (Å²) >= 11 is 0. The molecule has 1 aliphatic carbocycles. The van der Waals surface area contributed by atoms with Crippen molar-refractivity contribution >= 4 is 10.8 Å². The van der Waals surface area contributed by atoms with Crippen LogP contribution in [0, 0.1) is 0 Å². The average Bonchev–Trinajstić information content (AvgIpc) is 2.34. The maximum atomic E-state index is 2.42. The molecule has 0 radical (unpaired) electrons. The molecule has 0 atom stereocenters. The molecule has 0 fully saturated rings. The summed E-state index contributed by atoms with van der Waals surface area (Å²) in [4.78, 5) is 0. The predicted molar refractivity (Wildman–Crippen MR) is 79.2 cm³/mol. The van der Waals surface area contributed by atoms with Gasteiger partial charge in [-0.3, -0.25) is 0 Å². The first-order chi connectivity index (χ1) is 8.40. The molecule has 0 aromatic heterocycles. The van der Waals surface area contributed by atoms with E-state index in [1.54, 1.807) is 11.1 Å². The molecule has 0 saturated heterocycles. The van der Waals surface area contributed by atoms with Crippen LogP contribution in [0.3, 0.4) is 0 Å². The van der Waals surface area contributed by atoms with E-state index in [9.17, 15) is 0 Å². The Morgan fingerprint density at radius 3 is 1.50 bits per heavy atom. The SMILES string of the molecule is CC1(C)CCC(C)(C)c2cc3ccccc3cc21. The highest BCUT2D eigenvalue weighted by molar-refractivity contribution is 5.85. The van der Waals surface area contributed by atoms with Crippen LogP contribution in [-0.4, -0.2) is 0 Å². The molecule has 2 aromatic carbocycles. The smallest absolute Gasteiger partial charge is 0.0100 e. The van der Waals surface area contributed by atoms with E-state index in [2.05, 4.69) is 64.1 Å². The Kier molecular flexibility index (Phi) is 2.35. The van der Waals surface area contributed by atoms with Crippen molar-refractivity contribution < 1.29 is 0 Å². The molecule has 18 heavy (non-hydrogen) atoms. The lowest BCUT2D eigenvalue weighted by atomic mass is 9.63. The number of rotatable bonds is 0. The van der Waals surface area contributed by atoms with Gasteiger partial charge in [-0.05, 0) is 45.6 Å². The van der Waals surface area contributed by atoms with Gasteiger partial charge in [0.15, 0.2) is 0 Å². The van der Waals surface area contributed by atoms with E-state index in [1.807, 2.05) is 0 Å². The molecule has 2 aromatic rings. The highest BCUT2D eigenvalue weighted by Gasteiger charge is 2.36. The summed E-state index contributed by atoms with van der Waals surface area (Å²) in [7, 11) is 0. The van der Waals surface area contributed by atoms with Crippen LogP contribution in [0.1, 0.15) is 51.7 Å². The van der Waals surface area contributed by atoms with E-state index in [1.165, 1.54) is 23.6 Å². The van der Waals surface area contributed by atoms with E-state index in [-0.39, 0.29) is 0 Å². The molecule has 0 heteroatoms. The van der Waals surface area contributed by atoms with Gasteiger partial charge in [-0.2, -0.15) is 0 Å². The minimum atomic E-state index is 0.314. The molecule has 0 spiro atoms. The van der Waals surface area contributed by atoms with Crippen molar-refractivity contribution in [1.29, 1.82) is 0 Å². The first-order valence-electron chi connectivity index (χ1n) is 6.94. The normalized spacial score (nSPS) is 20.7. The molecule has 94 valence electrons. The Morgan fingerprint density at radius 1 is 0.722 bits per heavy atom. The predicted octanol–water partition coefficient (Wildman–Crippen LogP) is 5.19. The van der Waals surface area contributed by atoms with Crippen LogP contribution in [0.15, 0.2) is 36.4 Å². The molecule has 0 saturated carbocycles. The minimum Gasteiger partial charge on any atom is -0.0616 e. The van der Waals surface area contributed by atoms with Crippen molar-refractivity contribution in [2.45, 2.75) is 51.4 Å². The van der Waals surface area contributed by atoms with Gasteiger partial charge in [-0.25, -0.2) is 0 Å². The molecule has 0 unspecified atom stereocenters. The first kappa shape index (κ1) is 11.8. The van der Waals surface area contributed by atoms with Crippen molar-refractivity contribution in [2.24, 2.45) is 0 Å². The topological polar surface area (TPSA) is 0 Å². The lowest BCUT2D eigenvalue weighted by Crippen LogP contribution is -2.33. The van der Waals surface area contributed by atoms with Gasteiger partial charge in [0.25, 0.3) is 0 Å². The van der Waals surface area contributed by atoms with Gasteiger partial charge >= 0.3 is 0 Å². The third kappa shape index (κ3) is 1.67. The van der Waals surface area contributed by atoms with Gasteiger partial charge in [0, 0.05) is 0 Å². The Balaban J connectivity index is 2.35.